The first kappa shape index (κ1) is 22.8. The van der Waals surface area contributed by atoms with Crippen LogP contribution in [-0.2, 0) is 19.7 Å². The maximum atomic E-state index is 12.7. The number of aromatic nitrogens is 3. The number of pyridine rings is 1. The Labute approximate surface area is 215 Å². The van der Waals surface area contributed by atoms with E-state index in [1.165, 1.54) is 0 Å². The van der Waals surface area contributed by atoms with Crippen molar-refractivity contribution in [3.05, 3.63) is 121 Å². The van der Waals surface area contributed by atoms with Crippen molar-refractivity contribution in [2.24, 2.45) is 14.1 Å². The summed E-state index contributed by atoms with van der Waals surface area (Å²) < 4.78 is 4.51. The van der Waals surface area contributed by atoms with Crippen LogP contribution in [0.3, 0.4) is 0 Å². The molecule has 0 saturated heterocycles. The number of hydrogen-bond acceptors (Lipinski definition) is 3. The van der Waals surface area contributed by atoms with E-state index in [0.717, 1.165) is 31.2 Å². The molecule has 1 N–H and O–H groups in total. The first-order valence-corrected chi connectivity index (χ1v) is 12.1. The third-order valence-electron chi connectivity index (χ3n) is 6.25. The van der Waals surface area contributed by atoms with Crippen LogP contribution in [0.4, 0.5) is 0 Å². The fraction of sp³-hybridized carbons (Fsp3) is 0.111. The molecule has 170 valence electrons. The summed E-state index contributed by atoms with van der Waals surface area (Å²) in [6.07, 6.45) is 3.36. The van der Waals surface area contributed by atoms with Gasteiger partial charge >= 0.3 is 0 Å². The maximum Gasteiger partial charge on any atom is 0.251 e. The standard InChI is InChI=1S/C27H21ClIN3O2/c1-31-16-30-15-25(31)27(34,18-6-9-21(29)10-7-18)19-8-11-24-23(13-19)22(14-26(33)32(24)2)17-4-3-5-20(28)12-17/h3-16,34H,1-2H3. The van der Waals surface area contributed by atoms with Crippen LogP contribution in [0, 0.1) is 3.57 Å². The zero-order valence-corrected chi connectivity index (χ0v) is 21.4. The normalized spacial score (nSPS) is 13.2. The number of rotatable bonds is 4. The average Bonchev–Trinajstić information content (AvgIpc) is 3.27. The summed E-state index contributed by atoms with van der Waals surface area (Å²) in [4.78, 5) is 17.0. The minimum absolute atomic E-state index is 0.116. The van der Waals surface area contributed by atoms with Crippen LogP contribution in [-0.4, -0.2) is 19.2 Å². The number of aryl methyl sites for hydroxylation is 2. The zero-order chi connectivity index (χ0) is 24.0. The first-order valence-electron chi connectivity index (χ1n) is 10.6. The van der Waals surface area contributed by atoms with Crippen LogP contribution >= 0.6 is 34.2 Å². The van der Waals surface area contributed by atoms with Crippen molar-refractivity contribution in [1.29, 1.82) is 0 Å². The van der Waals surface area contributed by atoms with Crippen molar-refractivity contribution in [1.82, 2.24) is 14.1 Å². The molecule has 0 radical (unpaired) electrons. The lowest BCUT2D eigenvalue weighted by atomic mass is 9.82. The summed E-state index contributed by atoms with van der Waals surface area (Å²) in [5, 5.41) is 13.8. The Morgan fingerprint density at radius 1 is 0.971 bits per heavy atom. The van der Waals surface area contributed by atoms with E-state index in [9.17, 15) is 9.90 Å². The molecule has 1 unspecified atom stereocenters. The van der Waals surface area contributed by atoms with Crippen molar-refractivity contribution in [3.63, 3.8) is 0 Å². The smallest absolute Gasteiger partial charge is 0.251 e. The van der Waals surface area contributed by atoms with Gasteiger partial charge in [-0.1, -0.05) is 41.9 Å². The van der Waals surface area contributed by atoms with Crippen molar-refractivity contribution >= 4 is 45.1 Å². The van der Waals surface area contributed by atoms with E-state index in [1.807, 2.05) is 72.3 Å². The third-order valence-corrected chi connectivity index (χ3v) is 7.20. The number of halogens is 2. The molecule has 2 heterocycles. The summed E-state index contributed by atoms with van der Waals surface area (Å²) in [5.74, 6) is 0. The molecule has 3 aromatic carbocycles. The molecule has 0 saturated carbocycles. The van der Waals surface area contributed by atoms with Gasteiger partial charge in [0.05, 0.1) is 23.7 Å². The van der Waals surface area contributed by atoms with Gasteiger partial charge in [0.25, 0.3) is 5.56 Å². The molecule has 7 heteroatoms. The highest BCUT2D eigenvalue weighted by Crippen LogP contribution is 2.39. The molecule has 2 aromatic heterocycles. The van der Waals surface area contributed by atoms with E-state index >= 15 is 0 Å². The SMILES string of the molecule is Cn1cncc1C(O)(c1ccc(I)cc1)c1ccc2c(c1)c(-c1cccc(Cl)c1)cc(=O)n2C. The topological polar surface area (TPSA) is 60.0 Å². The first-order chi connectivity index (χ1) is 16.3. The van der Waals surface area contributed by atoms with Gasteiger partial charge in [-0.15, -0.1) is 0 Å². The predicted octanol–water partition coefficient (Wildman–Crippen LogP) is 5.48. The predicted molar refractivity (Wildman–Crippen MR) is 144 cm³/mol. The molecule has 5 aromatic rings. The Morgan fingerprint density at radius 2 is 1.71 bits per heavy atom. The van der Waals surface area contributed by atoms with Crippen molar-refractivity contribution in [2.75, 3.05) is 0 Å². The second-order valence-corrected chi connectivity index (χ2v) is 9.99. The highest BCUT2D eigenvalue weighted by molar-refractivity contribution is 14.1. The fourth-order valence-corrected chi connectivity index (χ4v) is 4.99. The maximum absolute atomic E-state index is 12.7. The second kappa shape index (κ2) is 8.69. The second-order valence-electron chi connectivity index (χ2n) is 8.30. The monoisotopic (exact) mass is 581 g/mol. The van der Waals surface area contributed by atoms with Crippen LogP contribution in [0.1, 0.15) is 16.8 Å². The summed E-state index contributed by atoms with van der Waals surface area (Å²) in [6.45, 7) is 0. The molecule has 34 heavy (non-hydrogen) atoms. The largest absolute Gasteiger partial charge is 0.374 e. The average molecular weight is 582 g/mol. The Bertz CT molecular complexity index is 1590. The third kappa shape index (κ3) is 3.76. The van der Waals surface area contributed by atoms with E-state index in [4.69, 9.17) is 11.6 Å². The Morgan fingerprint density at radius 3 is 2.38 bits per heavy atom. The van der Waals surface area contributed by atoms with E-state index < -0.39 is 5.60 Å². The lowest BCUT2D eigenvalue weighted by Crippen LogP contribution is -2.31. The quantitative estimate of drug-likeness (QED) is 0.286. The number of imidazole rings is 1. The molecule has 0 fully saturated rings. The molecule has 5 rings (SSSR count). The van der Waals surface area contributed by atoms with Crippen LogP contribution < -0.4 is 5.56 Å². The summed E-state index contributed by atoms with van der Waals surface area (Å²) in [7, 11) is 3.61. The van der Waals surface area contributed by atoms with Crippen LogP contribution in [0.25, 0.3) is 22.0 Å². The molecule has 0 aliphatic carbocycles. The minimum Gasteiger partial charge on any atom is -0.374 e. The number of fused-ring (bicyclic) bond motifs is 1. The molecule has 5 nitrogen and oxygen atoms in total. The molecule has 0 aliphatic rings. The zero-order valence-electron chi connectivity index (χ0n) is 18.5. The molecular formula is C27H21ClIN3O2. The van der Waals surface area contributed by atoms with Gasteiger partial charge in [-0.25, -0.2) is 4.98 Å². The molecule has 0 aliphatic heterocycles. The van der Waals surface area contributed by atoms with E-state index in [2.05, 4.69) is 27.6 Å². The number of hydrogen-bond donors (Lipinski definition) is 1. The Balaban J connectivity index is 1.84. The molecule has 1 atom stereocenters. The van der Waals surface area contributed by atoms with Crippen LogP contribution in [0.2, 0.25) is 5.02 Å². The Hall–Kier alpha value is -2.94. The van der Waals surface area contributed by atoms with E-state index in [0.29, 0.717) is 16.3 Å². The van der Waals surface area contributed by atoms with Crippen LogP contribution in [0.15, 0.2) is 90.1 Å². The van der Waals surface area contributed by atoms with E-state index in [-0.39, 0.29) is 5.56 Å². The summed E-state index contributed by atoms with van der Waals surface area (Å²) in [6, 6.07) is 22.6. The van der Waals surface area contributed by atoms with Crippen LogP contribution in [0.5, 0.6) is 0 Å². The van der Waals surface area contributed by atoms with Gasteiger partial charge in [-0.05, 0) is 81.2 Å². The molecule has 0 spiro atoms. The molecular weight excluding hydrogens is 561 g/mol. The highest BCUT2D eigenvalue weighted by Gasteiger charge is 2.37. The van der Waals surface area contributed by atoms with Gasteiger partial charge in [0.15, 0.2) is 5.60 Å². The lowest BCUT2D eigenvalue weighted by molar-refractivity contribution is 0.117. The summed E-state index contributed by atoms with van der Waals surface area (Å²) in [5.41, 5.74) is 2.84. The number of nitrogens with zero attached hydrogens (tertiary/aromatic N) is 3. The van der Waals surface area contributed by atoms with Gasteiger partial charge in [0.2, 0.25) is 0 Å². The van der Waals surface area contributed by atoms with Crippen molar-refractivity contribution in [3.8, 4) is 11.1 Å². The van der Waals surface area contributed by atoms with Gasteiger partial charge in [0.1, 0.15) is 0 Å². The molecule has 0 amide bonds. The van der Waals surface area contributed by atoms with Crippen molar-refractivity contribution in [2.45, 2.75) is 5.60 Å². The lowest BCUT2D eigenvalue weighted by Gasteiger charge is -2.30. The van der Waals surface area contributed by atoms with Gasteiger partial charge < -0.3 is 14.2 Å². The molecule has 0 bridgehead atoms. The van der Waals surface area contributed by atoms with Gasteiger partial charge in [0, 0.05) is 34.1 Å². The van der Waals surface area contributed by atoms with Crippen molar-refractivity contribution < 1.29 is 5.11 Å². The number of aliphatic hydroxyl groups is 1. The van der Waals surface area contributed by atoms with E-state index in [1.54, 1.807) is 36.3 Å². The Kier molecular flexibility index (Phi) is 5.83. The van der Waals surface area contributed by atoms with Gasteiger partial charge in [-0.3, -0.25) is 4.79 Å². The van der Waals surface area contributed by atoms with Gasteiger partial charge in [-0.2, -0.15) is 0 Å². The minimum atomic E-state index is -1.45. The highest BCUT2D eigenvalue weighted by atomic mass is 127. The summed E-state index contributed by atoms with van der Waals surface area (Å²) >= 11 is 8.51. The fourth-order valence-electron chi connectivity index (χ4n) is 4.44. The number of benzene rings is 3.